The number of nitrogens with zero attached hydrogens (tertiary/aromatic N) is 1. The molecule has 3 rings (SSSR count). The molecule has 0 heterocycles. The van der Waals surface area contributed by atoms with Crippen molar-refractivity contribution in [3.63, 3.8) is 0 Å². The Hall–Kier alpha value is -3.07. The van der Waals surface area contributed by atoms with Crippen molar-refractivity contribution in [2.75, 3.05) is 0 Å². The number of oxime groups is 1. The van der Waals surface area contributed by atoms with E-state index >= 15 is 0 Å². The second-order valence-electron chi connectivity index (χ2n) is 5.12. The van der Waals surface area contributed by atoms with Crippen molar-refractivity contribution in [2.45, 2.75) is 6.61 Å². The number of ether oxygens (including phenoxy) is 1. The molecule has 3 nitrogen and oxygen atoms in total. The first-order chi connectivity index (χ1) is 11.4. The van der Waals surface area contributed by atoms with Gasteiger partial charge in [0, 0.05) is 11.1 Å². The van der Waals surface area contributed by atoms with Gasteiger partial charge in [-0.1, -0.05) is 71.9 Å². The number of hydrogen-bond acceptors (Lipinski definition) is 3. The Labute approximate surface area is 135 Å². The van der Waals surface area contributed by atoms with Crippen LogP contribution in [0.4, 0.5) is 0 Å². The van der Waals surface area contributed by atoms with Crippen LogP contribution in [-0.2, 0) is 6.61 Å². The molecule has 3 aromatic rings. The Balaban J connectivity index is 1.79. The Kier molecular flexibility index (Phi) is 4.69. The van der Waals surface area contributed by atoms with Crippen LogP contribution in [0.1, 0.15) is 16.7 Å². The lowest BCUT2D eigenvalue weighted by Crippen LogP contribution is -2.04. The number of benzene rings is 3. The van der Waals surface area contributed by atoms with Gasteiger partial charge in [-0.05, 0) is 23.8 Å². The van der Waals surface area contributed by atoms with E-state index in [0.29, 0.717) is 12.3 Å². The smallest absolute Gasteiger partial charge is 0.119 e. The molecule has 23 heavy (non-hydrogen) atoms. The Morgan fingerprint density at radius 2 is 1.43 bits per heavy atom. The largest absolute Gasteiger partial charge is 0.489 e. The first-order valence-electron chi connectivity index (χ1n) is 7.41. The summed E-state index contributed by atoms with van der Waals surface area (Å²) in [5.41, 5.74) is 3.29. The first-order valence-corrected chi connectivity index (χ1v) is 7.41. The molecule has 0 spiro atoms. The molecule has 0 radical (unpaired) electrons. The minimum atomic E-state index is 0.464. The first kappa shape index (κ1) is 14.9. The van der Waals surface area contributed by atoms with E-state index in [-0.39, 0.29) is 0 Å². The summed E-state index contributed by atoms with van der Waals surface area (Å²) in [7, 11) is 0. The predicted octanol–water partition coefficient (Wildman–Crippen LogP) is 4.49. The summed E-state index contributed by atoms with van der Waals surface area (Å²) in [4.78, 5) is 0. The van der Waals surface area contributed by atoms with E-state index in [0.717, 1.165) is 22.4 Å². The SMILES string of the molecule is ON=C(c1ccccc1)c1cccc(COc2ccccc2)c1. The fourth-order valence-electron chi connectivity index (χ4n) is 2.37. The minimum absolute atomic E-state index is 0.464. The molecule has 0 aliphatic heterocycles. The number of rotatable bonds is 5. The molecule has 3 heteroatoms. The molecular formula is C20H17NO2. The lowest BCUT2D eigenvalue weighted by atomic mass is 10.0. The van der Waals surface area contributed by atoms with E-state index in [1.807, 2.05) is 84.9 Å². The molecule has 114 valence electrons. The number of hydrogen-bond donors (Lipinski definition) is 1. The van der Waals surface area contributed by atoms with Gasteiger partial charge in [-0.25, -0.2) is 0 Å². The van der Waals surface area contributed by atoms with Crippen molar-refractivity contribution in [2.24, 2.45) is 5.16 Å². The third-order valence-electron chi connectivity index (χ3n) is 3.50. The number of para-hydroxylation sites is 1. The molecule has 0 atom stereocenters. The van der Waals surface area contributed by atoms with Crippen molar-refractivity contribution in [1.29, 1.82) is 0 Å². The fraction of sp³-hybridized carbons (Fsp3) is 0.0500. The molecule has 0 saturated heterocycles. The average Bonchev–Trinajstić information content (AvgIpc) is 2.63. The van der Waals surface area contributed by atoms with Gasteiger partial charge in [0.15, 0.2) is 0 Å². The van der Waals surface area contributed by atoms with Crippen molar-refractivity contribution in [1.82, 2.24) is 0 Å². The monoisotopic (exact) mass is 303 g/mol. The van der Waals surface area contributed by atoms with E-state index in [1.165, 1.54) is 0 Å². The Bertz CT molecular complexity index is 783. The van der Waals surface area contributed by atoms with Gasteiger partial charge in [0.1, 0.15) is 18.1 Å². The molecule has 0 aliphatic carbocycles. The Morgan fingerprint density at radius 3 is 2.13 bits per heavy atom. The van der Waals surface area contributed by atoms with E-state index in [9.17, 15) is 5.21 Å². The lowest BCUT2D eigenvalue weighted by molar-refractivity contribution is 0.306. The maximum absolute atomic E-state index is 9.39. The van der Waals surface area contributed by atoms with Crippen molar-refractivity contribution >= 4 is 5.71 Å². The average molecular weight is 303 g/mol. The summed E-state index contributed by atoms with van der Waals surface area (Å²) >= 11 is 0. The summed E-state index contributed by atoms with van der Waals surface area (Å²) < 4.78 is 5.76. The van der Waals surface area contributed by atoms with Crippen molar-refractivity contribution < 1.29 is 9.94 Å². The van der Waals surface area contributed by atoms with Crippen molar-refractivity contribution in [3.8, 4) is 5.75 Å². The molecule has 3 aromatic carbocycles. The summed E-state index contributed by atoms with van der Waals surface area (Å²) in [5, 5.41) is 12.9. The molecule has 1 N–H and O–H groups in total. The molecule has 0 aliphatic rings. The van der Waals surface area contributed by atoms with E-state index in [1.54, 1.807) is 0 Å². The molecular weight excluding hydrogens is 286 g/mol. The molecule has 0 saturated carbocycles. The van der Waals surface area contributed by atoms with Crippen LogP contribution in [0.25, 0.3) is 0 Å². The van der Waals surface area contributed by atoms with Crippen LogP contribution in [0.5, 0.6) is 5.75 Å². The highest BCUT2D eigenvalue weighted by molar-refractivity contribution is 6.12. The van der Waals surface area contributed by atoms with Crippen LogP contribution in [0.3, 0.4) is 0 Å². The van der Waals surface area contributed by atoms with Crippen LogP contribution < -0.4 is 4.74 Å². The second kappa shape index (κ2) is 7.27. The Morgan fingerprint density at radius 1 is 0.783 bits per heavy atom. The van der Waals surface area contributed by atoms with Crippen LogP contribution in [0.15, 0.2) is 90.1 Å². The molecule has 0 amide bonds. The third kappa shape index (κ3) is 3.77. The lowest BCUT2D eigenvalue weighted by Gasteiger charge is -2.09. The molecule has 0 bridgehead atoms. The van der Waals surface area contributed by atoms with Gasteiger partial charge in [0.25, 0.3) is 0 Å². The molecule has 0 fully saturated rings. The van der Waals surface area contributed by atoms with Gasteiger partial charge in [-0.15, -0.1) is 0 Å². The van der Waals surface area contributed by atoms with Gasteiger partial charge >= 0.3 is 0 Å². The topological polar surface area (TPSA) is 41.8 Å². The van der Waals surface area contributed by atoms with Crippen LogP contribution in [-0.4, -0.2) is 10.9 Å². The third-order valence-corrected chi connectivity index (χ3v) is 3.50. The maximum Gasteiger partial charge on any atom is 0.119 e. The minimum Gasteiger partial charge on any atom is -0.489 e. The van der Waals surface area contributed by atoms with Gasteiger partial charge in [0.05, 0.1) is 0 Å². The van der Waals surface area contributed by atoms with E-state index in [4.69, 9.17) is 4.74 Å². The highest BCUT2D eigenvalue weighted by Gasteiger charge is 2.08. The van der Waals surface area contributed by atoms with E-state index in [2.05, 4.69) is 5.16 Å². The summed E-state index contributed by atoms with van der Waals surface area (Å²) in [6, 6.07) is 27.1. The van der Waals surface area contributed by atoms with Crippen LogP contribution >= 0.6 is 0 Å². The standard InChI is InChI=1S/C20H17NO2/c22-21-20(17-9-3-1-4-10-17)18-11-7-8-16(14-18)15-23-19-12-5-2-6-13-19/h1-14,22H,15H2. The molecule has 0 unspecified atom stereocenters. The summed E-state index contributed by atoms with van der Waals surface area (Å²) in [6.45, 7) is 0.464. The normalized spacial score (nSPS) is 11.2. The summed E-state index contributed by atoms with van der Waals surface area (Å²) in [6.07, 6.45) is 0. The van der Waals surface area contributed by atoms with Gasteiger partial charge in [0.2, 0.25) is 0 Å². The zero-order valence-electron chi connectivity index (χ0n) is 12.6. The highest BCUT2D eigenvalue weighted by Crippen LogP contribution is 2.15. The van der Waals surface area contributed by atoms with Gasteiger partial charge in [-0.3, -0.25) is 0 Å². The van der Waals surface area contributed by atoms with Crippen LogP contribution in [0, 0.1) is 0 Å². The van der Waals surface area contributed by atoms with E-state index < -0.39 is 0 Å². The maximum atomic E-state index is 9.39. The van der Waals surface area contributed by atoms with Gasteiger partial charge < -0.3 is 9.94 Å². The van der Waals surface area contributed by atoms with Crippen molar-refractivity contribution in [3.05, 3.63) is 102 Å². The molecule has 0 aromatic heterocycles. The van der Waals surface area contributed by atoms with Gasteiger partial charge in [-0.2, -0.15) is 0 Å². The second-order valence-corrected chi connectivity index (χ2v) is 5.12. The highest BCUT2D eigenvalue weighted by atomic mass is 16.5. The summed E-state index contributed by atoms with van der Waals surface area (Å²) in [5.74, 6) is 0.831. The zero-order chi connectivity index (χ0) is 15.9. The zero-order valence-corrected chi connectivity index (χ0v) is 12.6. The fourth-order valence-corrected chi connectivity index (χ4v) is 2.37. The predicted molar refractivity (Wildman–Crippen MR) is 91.1 cm³/mol. The van der Waals surface area contributed by atoms with Crippen LogP contribution in [0.2, 0.25) is 0 Å². The quantitative estimate of drug-likeness (QED) is 0.428.